The van der Waals surface area contributed by atoms with Gasteiger partial charge in [0.05, 0.1) is 19.3 Å². The lowest BCUT2D eigenvalue weighted by molar-refractivity contribution is 0.0508. The van der Waals surface area contributed by atoms with Crippen molar-refractivity contribution in [1.29, 1.82) is 0 Å². The van der Waals surface area contributed by atoms with Crippen molar-refractivity contribution in [2.75, 3.05) is 31.2 Å². The van der Waals surface area contributed by atoms with E-state index in [9.17, 15) is 4.79 Å². The zero-order valence-electron chi connectivity index (χ0n) is 13.9. The summed E-state index contributed by atoms with van der Waals surface area (Å²) in [6.07, 6.45) is -0.391. The molecule has 1 aliphatic rings. The van der Waals surface area contributed by atoms with Crippen molar-refractivity contribution in [3.8, 4) is 0 Å². The van der Waals surface area contributed by atoms with Crippen molar-refractivity contribution in [3.63, 3.8) is 0 Å². The number of hydrogen-bond acceptors (Lipinski definition) is 4. The number of anilines is 1. The Morgan fingerprint density at radius 2 is 1.82 bits per heavy atom. The number of nitrogens with one attached hydrogen (secondary N) is 1. The molecule has 1 aliphatic heterocycles. The van der Waals surface area contributed by atoms with E-state index in [2.05, 4.69) is 22.3 Å². The van der Waals surface area contributed by atoms with Crippen LogP contribution in [-0.4, -0.2) is 38.0 Å². The minimum atomic E-state index is -0.482. The molecule has 1 fully saturated rings. The standard InChI is InChI=1S/C17H26N2O3/c1-13(18-16(20)22-17(2,3)4)14-5-7-15(8-6-14)19-9-11-21-12-10-19/h5-8,13H,9-12H2,1-4H3,(H,18,20)/t13-/m1/s1. The van der Waals surface area contributed by atoms with Gasteiger partial charge in [0, 0.05) is 18.8 Å². The number of carbonyl (C=O) groups excluding carboxylic acids is 1. The van der Waals surface area contributed by atoms with Gasteiger partial charge in [-0.2, -0.15) is 0 Å². The fourth-order valence-electron chi connectivity index (χ4n) is 2.36. The molecule has 0 aromatic heterocycles. The van der Waals surface area contributed by atoms with Gasteiger partial charge in [-0.3, -0.25) is 0 Å². The maximum Gasteiger partial charge on any atom is 0.408 e. The first-order valence-electron chi connectivity index (χ1n) is 7.77. The summed E-state index contributed by atoms with van der Waals surface area (Å²) in [4.78, 5) is 14.1. The third kappa shape index (κ3) is 4.91. The van der Waals surface area contributed by atoms with E-state index in [4.69, 9.17) is 9.47 Å². The van der Waals surface area contributed by atoms with E-state index in [1.54, 1.807) is 0 Å². The van der Waals surface area contributed by atoms with Crippen LogP contribution in [0.2, 0.25) is 0 Å². The molecular weight excluding hydrogens is 280 g/mol. The number of amides is 1. The average molecular weight is 306 g/mol. The molecule has 0 saturated carbocycles. The summed E-state index contributed by atoms with van der Waals surface area (Å²) in [6.45, 7) is 10.9. The van der Waals surface area contributed by atoms with Gasteiger partial charge in [-0.25, -0.2) is 4.79 Å². The lowest BCUT2D eigenvalue weighted by Crippen LogP contribution is -2.36. The fourth-order valence-corrected chi connectivity index (χ4v) is 2.36. The molecule has 0 aliphatic carbocycles. The van der Waals surface area contributed by atoms with Crippen LogP contribution in [-0.2, 0) is 9.47 Å². The minimum absolute atomic E-state index is 0.0893. The molecule has 1 aromatic rings. The highest BCUT2D eigenvalue weighted by atomic mass is 16.6. The predicted octanol–water partition coefficient (Wildman–Crippen LogP) is 3.11. The molecule has 22 heavy (non-hydrogen) atoms. The molecule has 0 radical (unpaired) electrons. The van der Waals surface area contributed by atoms with Crippen LogP contribution >= 0.6 is 0 Å². The Labute approximate surface area is 132 Å². The Morgan fingerprint density at radius 1 is 1.23 bits per heavy atom. The smallest absolute Gasteiger partial charge is 0.408 e. The van der Waals surface area contributed by atoms with E-state index < -0.39 is 11.7 Å². The van der Waals surface area contributed by atoms with Gasteiger partial charge >= 0.3 is 6.09 Å². The molecule has 0 unspecified atom stereocenters. The molecule has 5 nitrogen and oxygen atoms in total. The van der Waals surface area contributed by atoms with Crippen LogP contribution in [0.3, 0.4) is 0 Å². The summed E-state index contributed by atoms with van der Waals surface area (Å²) in [5, 5.41) is 2.86. The molecule has 1 amide bonds. The highest BCUT2D eigenvalue weighted by Crippen LogP contribution is 2.20. The predicted molar refractivity (Wildman–Crippen MR) is 87.3 cm³/mol. The van der Waals surface area contributed by atoms with Gasteiger partial charge < -0.3 is 19.7 Å². The van der Waals surface area contributed by atoms with E-state index in [0.29, 0.717) is 0 Å². The van der Waals surface area contributed by atoms with Crippen LogP contribution in [0.15, 0.2) is 24.3 Å². The highest BCUT2D eigenvalue weighted by Gasteiger charge is 2.18. The summed E-state index contributed by atoms with van der Waals surface area (Å²) in [5.41, 5.74) is 1.77. The quantitative estimate of drug-likeness (QED) is 0.932. The normalized spacial score (nSPS) is 17.0. The molecule has 0 bridgehead atoms. The number of benzene rings is 1. The van der Waals surface area contributed by atoms with Crippen molar-refractivity contribution >= 4 is 11.8 Å². The Balaban J connectivity index is 1.93. The zero-order valence-corrected chi connectivity index (χ0v) is 13.9. The van der Waals surface area contributed by atoms with Crippen LogP contribution < -0.4 is 10.2 Å². The first-order chi connectivity index (χ1) is 10.3. The minimum Gasteiger partial charge on any atom is -0.444 e. The Kier molecular flexibility index (Phi) is 5.29. The monoisotopic (exact) mass is 306 g/mol. The first kappa shape index (κ1) is 16.6. The molecule has 1 saturated heterocycles. The summed E-state index contributed by atoms with van der Waals surface area (Å²) in [7, 11) is 0. The van der Waals surface area contributed by atoms with E-state index in [1.165, 1.54) is 5.69 Å². The maximum atomic E-state index is 11.8. The number of nitrogens with zero attached hydrogens (tertiary/aromatic N) is 1. The van der Waals surface area contributed by atoms with Gasteiger partial charge in [-0.1, -0.05) is 12.1 Å². The molecule has 2 rings (SSSR count). The van der Waals surface area contributed by atoms with Gasteiger partial charge in [0.1, 0.15) is 5.60 Å². The first-order valence-corrected chi connectivity index (χ1v) is 7.77. The molecule has 1 atom stereocenters. The van der Waals surface area contributed by atoms with Crippen molar-refractivity contribution in [3.05, 3.63) is 29.8 Å². The average Bonchev–Trinajstić information content (AvgIpc) is 2.46. The molecule has 5 heteroatoms. The maximum absolute atomic E-state index is 11.8. The van der Waals surface area contributed by atoms with Gasteiger partial charge in [0.15, 0.2) is 0 Å². The third-order valence-corrected chi connectivity index (χ3v) is 3.50. The van der Waals surface area contributed by atoms with Crippen molar-refractivity contribution < 1.29 is 14.3 Å². The highest BCUT2D eigenvalue weighted by molar-refractivity contribution is 5.68. The van der Waals surface area contributed by atoms with Crippen LogP contribution in [0.1, 0.15) is 39.3 Å². The van der Waals surface area contributed by atoms with E-state index in [0.717, 1.165) is 31.9 Å². The van der Waals surface area contributed by atoms with Crippen molar-refractivity contribution in [2.45, 2.75) is 39.3 Å². The van der Waals surface area contributed by atoms with Crippen LogP contribution in [0.25, 0.3) is 0 Å². The lowest BCUT2D eigenvalue weighted by Gasteiger charge is -2.29. The van der Waals surface area contributed by atoms with E-state index in [1.807, 2.05) is 39.8 Å². The van der Waals surface area contributed by atoms with Crippen molar-refractivity contribution in [1.82, 2.24) is 5.32 Å². The summed E-state index contributed by atoms with van der Waals surface area (Å²) in [6, 6.07) is 8.19. The summed E-state index contributed by atoms with van der Waals surface area (Å²) < 4.78 is 10.6. The Morgan fingerprint density at radius 3 is 2.36 bits per heavy atom. The second-order valence-electron chi connectivity index (χ2n) is 6.56. The van der Waals surface area contributed by atoms with Crippen molar-refractivity contribution in [2.24, 2.45) is 0 Å². The SMILES string of the molecule is C[C@@H](NC(=O)OC(C)(C)C)c1ccc(N2CCOCC2)cc1. The molecule has 1 aromatic carbocycles. The van der Waals surface area contributed by atoms with Gasteiger partial charge in [0.25, 0.3) is 0 Å². The van der Waals surface area contributed by atoms with E-state index in [-0.39, 0.29) is 6.04 Å². The third-order valence-electron chi connectivity index (χ3n) is 3.50. The summed E-state index contributed by atoms with van der Waals surface area (Å²) >= 11 is 0. The Hall–Kier alpha value is -1.75. The summed E-state index contributed by atoms with van der Waals surface area (Å²) in [5.74, 6) is 0. The van der Waals surface area contributed by atoms with Gasteiger partial charge in [-0.05, 0) is 45.4 Å². The fraction of sp³-hybridized carbons (Fsp3) is 0.588. The van der Waals surface area contributed by atoms with E-state index >= 15 is 0 Å². The van der Waals surface area contributed by atoms with Crippen LogP contribution in [0.4, 0.5) is 10.5 Å². The number of morpholine rings is 1. The second kappa shape index (κ2) is 7.01. The largest absolute Gasteiger partial charge is 0.444 e. The second-order valence-corrected chi connectivity index (χ2v) is 6.56. The molecule has 1 N–H and O–H groups in total. The number of carbonyl (C=O) groups is 1. The van der Waals surface area contributed by atoms with Crippen LogP contribution in [0.5, 0.6) is 0 Å². The molecule has 1 heterocycles. The molecule has 122 valence electrons. The molecular formula is C17H26N2O3. The number of rotatable bonds is 3. The van der Waals surface area contributed by atoms with Gasteiger partial charge in [0.2, 0.25) is 0 Å². The lowest BCUT2D eigenvalue weighted by atomic mass is 10.1. The number of alkyl carbamates (subject to hydrolysis) is 1. The number of hydrogen-bond donors (Lipinski definition) is 1. The zero-order chi connectivity index (χ0) is 16.2. The molecule has 0 spiro atoms. The van der Waals surface area contributed by atoms with Crippen LogP contribution in [0, 0.1) is 0 Å². The topological polar surface area (TPSA) is 50.8 Å². The van der Waals surface area contributed by atoms with Gasteiger partial charge in [-0.15, -0.1) is 0 Å². The number of ether oxygens (including phenoxy) is 2. The Bertz CT molecular complexity index is 488.